The third-order valence-electron chi connectivity index (χ3n) is 2.87. The van der Waals surface area contributed by atoms with E-state index in [0.29, 0.717) is 24.7 Å². The predicted molar refractivity (Wildman–Crippen MR) is 75.3 cm³/mol. The largest absolute Gasteiger partial charge is 0.335 e. The fourth-order valence-electron chi connectivity index (χ4n) is 1.93. The van der Waals surface area contributed by atoms with E-state index < -0.39 is 0 Å². The van der Waals surface area contributed by atoms with Crippen LogP contribution in [0.5, 0.6) is 0 Å². The van der Waals surface area contributed by atoms with E-state index in [9.17, 15) is 4.79 Å². The van der Waals surface area contributed by atoms with Gasteiger partial charge in [0.05, 0.1) is 17.4 Å². The molecule has 2 aromatic heterocycles. The van der Waals surface area contributed by atoms with Gasteiger partial charge in [-0.15, -0.1) is 0 Å². The van der Waals surface area contributed by atoms with Gasteiger partial charge in [-0.05, 0) is 12.1 Å². The zero-order valence-electron chi connectivity index (χ0n) is 10.7. The lowest BCUT2D eigenvalue weighted by Gasteiger charge is -1.98. The molecule has 0 unspecified atom stereocenters. The average Bonchev–Trinajstić information content (AvgIpc) is 3.04. The summed E-state index contributed by atoms with van der Waals surface area (Å²) < 4.78 is 1.77. The Morgan fingerprint density at radius 2 is 2.25 bits per heavy atom. The van der Waals surface area contributed by atoms with Crippen LogP contribution in [0.1, 0.15) is 10.5 Å². The topological polar surface area (TPSA) is 102 Å². The minimum Gasteiger partial charge on any atom is -0.335 e. The van der Waals surface area contributed by atoms with Crippen molar-refractivity contribution in [1.82, 2.24) is 19.5 Å². The third-order valence-corrected chi connectivity index (χ3v) is 2.87. The van der Waals surface area contributed by atoms with Gasteiger partial charge in [-0.2, -0.15) is 0 Å². The summed E-state index contributed by atoms with van der Waals surface area (Å²) >= 11 is 0. The number of anilines is 1. The zero-order chi connectivity index (χ0) is 13.9. The van der Waals surface area contributed by atoms with Crippen LogP contribution in [0.15, 0.2) is 36.8 Å². The Balaban J connectivity index is 1.77. The molecule has 1 amide bonds. The molecule has 0 bridgehead atoms. The lowest BCUT2D eigenvalue weighted by Crippen LogP contribution is -2.13. The average molecular weight is 270 g/mol. The number of imidazole rings is 2. The van der Waals surface area contributed by atoms with Gasteiger partial charge in [-0.1, -0.05) is 12.1 Å². The van der Waals surface area contributed by atoms with Gasteiger partial charge in [-0.25, -0.2) is 9.97 Å². The highest BCUT2D eigenvalue weighted by Crippen LogP contribution is 2.13. The maximum atomic E-state index is 12.0. The fraction of sp³-hybridized carbons (Fsp3) is 0.154. The second-order valence-electron chi connectivity index (χ2n) is 4.34. The molecule has 0 saturated carbocycles. The van der Waals surface area contributed by atoms with Crippen molar-refractivity contribution in [2.24, 2.45) is 5.73 Å². The smallest absolute Gasteiger partial charge is 0.278 e. The van der Waals surface area contributed by atoms with Crippen molar-refractivity contribution in [3.8, 4) is 0 Å². The lowest BCUT2D eigenvalue weighted by molar-refractivity contribution is 0.102. The summed E-state index contributed by atoms with van der Waals surface area (Å²) in [7, 11) is 0. The quantitative estimate of drug-likeness (QED) is 0.657. The van der Waals surface area contributed by atoms with Gasteiger partial charge in [0.2, 0.25) is 5.95 Å². The molecular weight excluding hydrogens is 256 g/mol. The lowest BCUT2D eigenvalue weighted by atomic mass is 10.3. The van der Waals surface area contributed by atoms with Crippen molar-refractivity contribution in [1.29, 1.82) is 0 Å². The van der Waals surface area contributed by atoms with E-state index in [4.69, 9.17) is 5.73 Å². The number of H-pyrrole nitrogens is 1. The number of nitrogens with zero attached hydrogens (tertiary/aromatic N) is 3. The summed E-state index contributed by atoms with van der Waals surface area (Å²) in [6, 6.07) is 7.56. The molecular formula is C13H14N6O. The van der Waals surface area contributed by atoms with E-state index in [-0.39, 0.29) is 5.91 Å². The minimum absolute atomic E-state index is 0.306. The number of rotatable bonds is 4. The van der Waals surface area contributed by atoms with Crippen molar-refractivity contribution < 1.29 is 4.79 Å². The first-order valence-electron chi connectivity index (χ1n) is 6.24. The molecule has 7 heteroatoms. The van der Waals surface area contributed by atoms with Crippen LogP contribution in [0.3, 0.4) is 0 Å². The number of benzene rings is 1. The molecule has 3 aromatic rings. The second kappa shape index (κ2) is 5.14. The third kappa shape index (κ3) is 2.39. The number of carbonyl (C=O) groups is 1. The van der Waals surface area contributed by atoms with Crippen molar-refractivity contribution in [2.75, 3.05) is 11.9 Å². The summed E-state index contributed by atoms with van der Waals surface area (Å²) in [6.45, 7) is 1.13. The van der Waals surface area contributed by atoms with Crippen molar-refractivity contribution in [2.45, 2.75) is 6.54 Å². The van der Waals surface area contributed by atoms with Crippen molar-refractivity contribution >= 4 is 22.9 Å². The molecule has 20 heavy (non-hydrogen) atoms. The maximum absolute atomic E-state index is 12.0. The highest BCUT2D eigenvalue weighted by molar-refractivity contribution is 6.02. The van der Waals surface area contributed by atoms with Gasteiger partial charge in [-0.3, -0.25) is 10.1 Å². The van der Waals surface area contributed by atoms with Crippen LogP contribution in [-0.2, 0) is 6.54 Å². The molecule has 7 nitrogen and oxygen atoms in total. The number of carbonyl (C=O) groups excluding carboxylic acids is 1. The first-order chi connectivity index (χ1) is 9.76. The maximum Gasteiger partial charge on any atom is 0.278 e. The number of fused-ring (bicyclic) bond motifs is 1. The molecule has 0 fully saturated rings. The summed E-state index contributed by atoms with van der Waals surface area (Å²) in [6.07, 6.45) is 3.24. The van der Waals surface area contributed by atoms with Crippen LogP contribution in [0, 0.1) is 0 Å². The number of hydrogen-bond donors (Lipinski definition) is 3. The number of aromatic amines is 1. The first-order valence-corrected chi connectivity index (χ1v) is 6.24. The van der Waals surface area contributed by atoms with Gasteiger partial charge in [0.15, 0.2) is 0 Å². The molecule has 102 valence electrons. The summed E-state index contributed by atoms with van der Waals surface area (Å²) in [4.78, 5) is 23.4. The molecule has 0 aliphatic rings. The number of hydrogen-bond acceptors (Lipinski definition) is 4. The highest BCUT2D eigenvalue weighted by Gasteiger charge is 2.11. The van der Waals surface area contributed by atoms with E-state index in [1.165, 1.54) is 0 Å². The van der Waals surface area contributed by atoms with Crippen molar-refractivity contribution in [3.05, 3.63) is 42.5 Å². The Hall–Kier alpha value is -2.67. The van der Waals surface area contributed by atoms with Gasteiger partial charge < -0.3 is 15.3 Å². The summed E-state index contributed by atoms with van der Waals surface area (Å²) in [5.41, 5.74) is 7.45. The molecule has 0 saturated heterocycles. The van der Waals surface area contributed by atoms with Gasteiger partial charge >= 0.3 is 0 Å². The molecule has 0 aliphatic heterocycles. The van der Waals surface area contributed by atoms with Crippen LogP contribution in [0.25, 0.3) is 11.0 Å². The summed E-state index contributed by atoms with van der Waals surface area (Å²) in [5, 5.41) is 2.69. The Labute approximate surface area is 114 Å². The zero-order valence-corrected chi connectivity index (χ0v) is 10.7. The second-order valence-corrected chi connectivity index (χ2v) is 4.34. The minimum atomic E-state index is -0.306. The number of amides is 1. The fourth-order valence-corrected chi connectivity index (χ4v) is 1.93. The van der Waals surface area contributed by atoms with E-state index in [1.807, 2.05) is 24.3 Å². The molecule has 4 N–H and O–H groups in total. The van der Waals surface area contributed by atoms with E-state index in [0.717, 1.165) is 11.0 Å². The standard InChI is InChI=1S/C13H14N6O/c14-5-6-19-7-11(15-8-19)12(20)18-13-16-9-3-1-2-4-10(9)17-13/h1-4,7-8H,5-6,14H2,(H2,16,17,18,20). The highest BCUT2D eigenvalue weighted by atomic mass is 16.2. The monoisotopic (exact) mass is 270 g/mol. The van der Waals surface area contributed by atoms with Crippen LogP contribution in [-0.4, -0.2) is 32.0 Å². The molecule has 0 radical (unpaired) electrons. The van der Waals surface area contributed by atoms with Crippen molar-refractivity contribution in [3.63, 3.8) is 0 Å². The van der Waals surface area contributed by atoms with E-state index in [2.05, 4.69) is 20.3 Å². The molecule has 3 rings (SSSR count). The molecule has 0 atom stereocenters. The van der Waals surface area contributed by atoms with Gasteiger partial charge in [0, 0.05) is 19.3 Å². The van der Waals surface area contributed by atoms with Crippen LogP contribution in [0.4, 0.5) is 5.95 Å². The summed E-state index contributed by atoms with van der Waals surface area (Å²) in [5.74, 6) is 0.101. The van der Waals surface area contributed by atoms with Crippen LogP contribution < -0.4 is 11.1 Å². The number of nitrogens with two attached hydrogens (primary N) is 1. The molecule has 2 heterocycles. The Bertz CT molecular complexity index is 711. The molecule has 1 aromatic carbocycles. The van der Waals surface area contributed by atoms with E-state index >= 15 is 0 Å². The Kier molecular flexibility index (Phi) is 3.18. The predicted octanol–water partition coefficient (Wildman–Crippen LogP) is 0.970. The SMILES string of the molecule is NCCn1cnc(C(=O)Nc2nc3ccccc3[nH]2)c1. The Morgan fingerprint density at radius 1 is 1.40 bits per heavy atom. The van der Waals surface area contributed by atoms with Gasteiger partial charge in [0.1, 0.15) is 5.69 Å². The van der Waals surface area contributed by atoms with Crippen LogP contribution in [0.2, 0.25) is 0 Å². The molecule has 0 aliphatic carbocycles. The number of aromatic nitrogens is 4. The molecule has 0 spiro atoms. The first kappa shape index (κ1) is 12.4. The van der Waals surface area contributed by atoms with E-state index in [1.54, 1.807) is 17.1 Å². The number of para-hydroxylation sites is 2. The van der Waals surface area contributed by atoms with Crippen LogP contribution >= 0.6 is 0 Å². The van der Waals surface area contributed by atoms with Gasteiger partial charge in [0.25, 0.3) is 5.91 Å². The number of nitrogens with one attached hydrogen (secondary N) is 2. The Morgan fingerprint density at radius 3 is 3.05 bits per heavy atom. The normalized spacial score (nSPS) is 10.8.